The van der Waals surface area contributed by atoms with Gasteiger partial charge < -0.3 is 19.9 Å². The first-order valence-electron chi connectivity index (χ1n) is 8.93. The van der Waals surface area contributed by atoms with Crippen LogP contribution in [0.1, 0.15) is 5.76 Å². The maximum absolute atomic E-state index is 12.0. The van der Waals surface area contributed by atoms with Crippen LogP contribution in [-0.2, 0) is 4.79 Å². The number of benzene rings is 2. The van der Waals surface area contributed by atoms with Gasteiger partial charge in [0, 0.05) is 11.8 Å². The number of nitrogens with one attached hydrogen (secondary N) is 2. The van der Waals surface area contributed by atoms with Crippen molar-refractivity contribution in [2.45, 2.75) is 11.3 Å². The first-order valence-corrected chi connectivity index (χ1v) is 10.7. The lowest BCUT2D eigenvalue weighted by Gasteiger charge is -2.06. The number of carbonyl (C=O) groups excluding carboxylic acids is 1. The van der Waals surface area contributed by atoms with Crippen LogP contribution in [0.15, 0.2) is 69.5 Å². The SMILES string of the molecule is Cc1cc(NC(=O)CSc2nnc(Nc3ccc(Oc4ccccc4)cc3)s2)no1. The van der Waals surface area contributed by atoms with Gasteiger partial charge in [-0.3, -0.25) is 4.79 Å². The predicted molar refractivity (Wildman–Crippen MR) is 117 cm³/mol. The lowest BCUT2D eigenvalue weighted by atomic mass is 10.3. The highest BCUT2D eigenvalue weighted by molar-refractivity contribution is 8.01. The fraction of sp³-hybridized carbons (Fsp3) is 0.100. The van der Waals surface area contributed by atoms with Gasteiger partial charge in [0.05, 0.1) is 5.75 Å². The summed E-state index contributed by atoms with van der Waals surface area (Å²) in [5, 5.41) is 18.4. The third kappa shape index (κ3) is 5.58. The van der Waals surface area contributed by atoms with E-state index in [9.17, 15) is 4.79 Å². The van der Waals surface area contributed by atoms with Gasteiger partial charge in [0.15, 0.2) is 10.2 Å². The lowest BCUT2D eigenvalue weighted by molar-refractivity contribution is -0.113. The summed E-state index contributed by atoms with van der Waals surface area (Å²) in [6.07, 6.45) is 0. The predicted octanol–water partition coefficient (Wildman–Crippen LogP) is 5.10. The Morgan fingerprint density at radius 3 is 2.60 bits per heavy atom. The van der Waals surface area contributed by atoms with Gasteiger partial charge in [0.1, 0.15) is 17.3 Å². The number of amides is 1. The monoisotopic (exact) mass is 439 g/mol. The number of para-hydroxylation sites is 1. The minimum absolute atomic E-state index is 0.188. The second kappa shape index (κ2) is 9.42. The summed E-state index contributed by atoms with van der Waals surface area (Å²) < 4.78 is 11.4. The van der Waals surface area contributed by atoms with Gasteiger partial charge in [-0.25, -0.2) is 0 Å². The summed E-state index contributed by atoms with van der Waals surface area (Å²) in [4.78, 5) is 12.0. The molecule has 10 heteroatoms. The van der Waals surface area contributed by atoms with Crippen molar-refractivity contribution in [3.05, 3.63) is 66.4 Å². The number of ether oxygens (including phenoxy) is 1. The smallest absolute Gasteiger partial charge is 0.236 e. The number of hydrogen-bond acceptors (Lipinski definition) is 9. The number of thioether (sulfide) groups is 1. The van der Waals surface area contributed by atoms with Crippen molar-refractivity contribution >= 4 is 45.6 Å². The minimum Gasteiger partial charge on any atom is -0.457 e. The molecule has 0 spiro atoms. The third-order valence-electron chi connectivity index (χ3n) is 3.71. The van der Waals surface area contributed by atoms with Gasteiger partial charge in [-0.05, 0) is 43.3 Å². The molecule has 0 fully saturated rings. The Morgan fingerprint density at radius 1 is 1.10 bits per heavy atom. The quantitative estimate of drug-likeness (QED) is 0.366. The van der Waals surface area contributed by atoms with Crippen LogP contribution >= 0.6 is 23.1 Å². The van der Waals surface area contributed by atoms with E-state index >= 15 is 0 Å². The second-order valence-corrected chi connectivity index (χ2v) is 8.30. The van der Waals surface area contributed by atoms with Crippen LogP contribution in [0.3, 0.4) is 0 Å². The molecule has 2 heterocycles. The average Bonchev–Trinajstić information content (AvgIpc) is 3.37. The molecule has 0 unspecified atom stereocenters. The van der Waals surface area contributed by atoms with Crippen LogP contribution < -0.4 is 15.4 Å². The first-order chi connectivity index (χ1) is 14.6. The van der Waals surface area contributed by atoms with Crippen molar-refractivity contribution in [1.29, 1.82) is 0 Å². The Hall–Kier alpha value is -3.37. The van der Waals surface area contributed by atoms with Crippen molar-refractivity contribution in [1.82, 2.24) is 15.4 Å². The summed E-state index contributed by atoms with van der Waals surface area (Å²) in [7, 11) is 0. The highest BCUT2D eigenvalue weighted by atomic mass is 32.2. The van der Waals surface area contributed by atoms with Crippen molar-refractivity contribution in [3.8, 4) is 11.5 Å². The van der Waals surface area contributed by atoms with Gasteiger partial charge in [0.25, 0.3) is 0 Å². The fourth-order valence-electron chi connectivity index (χ4n) is 2.40. The van der Waals surface area contributed by atoms with Crippen molar-refractivity contribution < 1.29 is 14.1 Å². The maximum atomic E-state index is 12.0. The number of aryl methyl sites for hydroxylation is 1. The van der Waals surface area contributed by atoms with Crippen molar-refractivity contribution in [2.24, 2.45) is 0 Å². The number of aromatic nitrogens is 3. The largest absolute Gasteiger partial charge is 0.457 e. The summed E-state index contributed by atoms with van der Waals surface area (Å²) >= 11 is 2.68. The number of anilines is 3. The first kappa shape index (κ1) is 19.9. The molecule has 0 bridgehead atoms. The highest BCUT2D eigenvalue weighted by Crippen LogP contribution is 2.29. The zero-order valence-electron chi connectivity index (χ0n) is 15.9. The molecular formula is C20H17N5O3S2. The van der Waals surface area contributed by atoms with Crippen molar-refractivity contribution in [2.75, 3.05) is 16.4 Å². The van der Waals surface area contributed by atoms with Gasteiger partial charge in [-0.1, -0.05) is 46.5 Å². The normalized spacial score (nSPS) is 10.6. The molecular weight excluding hydrogens is 422 g/mol. The summed E-state index contributed by atoms with van der Waals surface area (Å²) in [5.41, 5.74) is 0.863. The Balaban J connectivity index is 1.27. The minimum atomic E-state index is -0.188. The topological polar surface area (TPSA) is 102 Å². The zero-order valence-corrected chi connectivity index (χ0v) is 17.5. The molecule has 152 valence electrons. The van der Waals surface area contributed by atoms with E-state index in [1.807, 2.05) is 54.6 Å². The summed E-state index contributed by atoms with van der Waals surface area (Å²) in [6.45, 7) is 1.76. The molecule has 0 aliphatic carbocycles. The molecule has 0 saturated carbocycles. The van der Waals surface area contributed by atoms with Gasteiger partial charge >= 0.3 is 0 Å². The molecule has 30 heavy (non-hydrogen) atoms. The van der Waals surface area contributed by atoms with E-state index in [1.54, 1.807) is 13.0 Å². The number of hydrogen-bond donors (Lipinski definition) is 2. The number of nitrogens with zero attached hydrogens (tertiary/aromatic N) is 3. The third-order valence-corrected chi connectivity index (χ3v) is 5.69. The van der Waals surface area contributed by atoms with Crippen molar-refractivity contribution in [3.63, 3.8) is 0 Å². The molecule has 1 amide bonds. The average molecular weight is 440 g/mol. The van der Waals surface area contributed by atoms with Crippen LogP contribution in [0.5, 0.6) is 11.5 Å². The van der Waals surface area contributed by atoms with E-state index in [4.69, 9.17) is 9.26 Å². The standard InChI is InChI=1S/C20H17N5O3S2/c1-13-11-17(25-28-13)22-18(26)12-29-20-24-23-19(30-20)21-14-7-9-16(10-8-14)27-15-5-3-2-4-6-15/h2-11H,12H2,1H3,(H,21,23)(H,22,25,26). The second-order valence-electron chi connectivity index (χ2n) is 6.10. The van der Waals surface area contributed by atoms with E-state index in [1.165, 1.54) is 23.1 Å². The van der Waals surface area contributed by atoms with Gasteiger partial charge in [-0.2, -0.15) is 0 Å². The van der Waals surface area contributed by atoms with E-state index in [0.29, 0.717) is 21.0 Å². The Labute approximate surface area is 180 Å². The zero-order chi connectivity index (χ0) is 20.8. The molecule has 8 nitrogen and oxygen atoms in total. The number of carbonyl (C=O) groups is 1. The molecule has 0 aliphatic heterocycles. The molecule has 2 aromatic carbocycles. The van der Waals surface area contributed by atoms with E-state index in [0.717, 1.165) is 17.2 Å². The molecule has 0 aliphatic rings. The van der Waals surface area contributed by atoms with Crippen LogP contribution in [0.2, 0.25) is 0 Å². The molecule has 4 aromatic rings. The lowest BCUT2D eigenvalue weighted by Crippen LogP contribution is -2.14. The van der Waals surface area contributed by atoms with Crippen LogP contribution in [-0.4, -0.2) is 27.0 Å². The molecule has 2 aromatic heterocycles. The highest BCUT2D eigenvalue weighted by Gasteiger charge is 2.10. The molecule has 2 N–H and O–H groups in total. The Bertz CT molecular complexity index is 1110. The van der Waals surface area contributed by atoms with E-state index in [2.05, 4.69) is 26.0 Å². The van der Waals surface area contributed by atoms with E-state index < -0.39 is 0 Å². The van der Waals surface area contributed by atoms with Gasteiger partial charge in [-0.15, -0.1) is 10.2 Å². The van der Waals surface area contributed by atoms with E-state index in [-0.39, 0.29) is 11.7 Å². The van der Waals surface area contributed by atoms with Gasteiger partial charge in [0.2, 0.25) is 11.0 Å². The molecule has 0 saturated heterocycles. The Kier molecular flexibility index (Phi) is 6.26. The molecule has 4 rings (SSSR count). The number of rotatable bonds is 8. The maximum Gasteiger partial charge on any atom is 0.236 e. The Morgan fingerprint density at radius 2 is 1.87 bits per heavy atom. The summed E-state index contributed by atoms with van der Waals surface area (Å²) in [6, 6.07) is 18.8. The molecule has 0 radical (unpaired) electrons. The summed E-state index contributed by atoms with van der Waals surface area (Å²) in [5.74, 6) is 2.58. The fourth-order valence-corrected chi connectivity index (χ4v) is 3.98. The van der Waals surface area contributed by atoms with Crippen LogP contribution in [0.4, 0.5) is 16.6 Å². The molecule has 0 atom stereocenters. The van der Waals surface area contributed by atoms with Crippen LogP contribution in [0.25, 0.3) is 0 Å². The van der Waals surface area contributed by atoms with Crippen LogP contribution in [0, 0.1) is 6.92 Å².